The van der Waals surface area contributed by atoms with Gasteiger partial charge in [0.2, 0.25) is 0 Å². The smallest absolute Gasteiger partial charge is 0.0108 e. The van der Waals surface area contributed by atoms with Crippen LogP contribution in [0.4, 0.5) is 0 Å². The summed E-state index contributed by atoms with van der Waals surface area (Å²) in [5.74, 6) is 0. The molecule has 0 aliphatic carbocycles. The molecular weight excluding hydrogens is 275 g/mol. The summed E-state index contributed by atoms with van der Waals surface area (Å²) in [5, 5.41) is 0. The molecule has 33 valence electrons. The Labute approximate surface area is 50.4 Å². The Kier molecular flexibility index (Phi) is 112. The summed E-state index contributed by atoms with van der Waals surface area (Å²) in [7, 11) is 0. The standard InChI is InChI=1S/CH3Cl.Au.H3P/c1-2;;/h1H3;;1H3. The van der Waals surface area contributed by atoms with Crippen molar-refractivity contribution in [3.8, 4) is 0 Å². The Morgan fingerprint density at radius 1 is 1.25 bits per heavy atom. The average molecular weight is 281 g/mol. The zero-order chi connectivity index (χ0) is 2.00. The van der Waals surface area contributed by atoms with E-state index < -0.39 is 0 Å². The van der Waals surface area contributed by atoms with E-state index in [1.165, 1.54) is 6.38 Å². The molecule has 1 atom stereocenters. The zero-order valence-corrected chi connectivity index (χ0v) is 6.72. The van der Waals surface area contributed by atoms with Crippen LogP contribution in [0.5, 0.6) is 0 Å². The molecule has 1 unspecified atom stereocenters. The molecule has 0 saturated heterocycles. The van der Waals surface area contributed by atoms with E-state index in [1.807, 2.05) is 0 Å². The summed E-state index contributed by atoms with van der Waals surface area (Å²) < 4.78 is 0. The van der Waals surface area contributed by atoms with E-state index in [1.54, 1.807) is 0 Å². The number of alkyl halides is 1. The molecule has 0 aromatic heterocycles. The van der Waals surface area contributed by atoms with Gasteiger partial charge in [-0.3, -0.25) is 0 Å². The average Bonchev–Trinajstić information content (AvgIpc) is 1.00. The second-order valence-electron chi connectivity index (χ2n) is 0. The first-order valence-corrected chi connectivity index (χ1v) is 1.13. The van der Waals surface area contributed by atoms with Crippen LogP contribution in [-0.4, -0.2) is 6.38 Å². The quantitative estimate of drug-likeness (QED) is 0.352. The predicted octanol–water partition coefficient (Wildman–Crippen LogP) is 0.911. The van der Waals surface area contributed by atoms with E-state index in [4.69, 9.17) is 0 Å². The van der Waals surface area contributed by atoms with E-state index in [-0.39, 0.29) is 32.3 Å². The molecule has 0 aromatic carbocycles. The molecule has 4 heavy (non-hydrogen) atoms. The van der Waals surface area contributed by atoms with Gasteiger partial charge in [0.15, 0.2) is 0 Å². The largest absolute Gasteiger partial charge is 0.153 e. The van der Waals surface area contributed by atoms with Gasteiger partial charge < -0.3 is 0 Å². The minimum Gasteiger partial charge on any atom is -0.153 e. The van der Waals surface area contributed by atoms with E-state index in [0.717, 1.165) is 0 Å². The molecule has 0 aliphatic heterocycles. The van der Waals surface area contributed by atoms with Crippen molar-refractivity contribution in [1.29, 1.82) is 0 Å². The van der Waals surface area contributed by atoms with Gasteiger partial charge in [0.05, 0.1) is 0 Å². The summed E-state index contributed by atoms with van der Waals surface area (Å²) in [5.41, 5.74) is 0. The SMILES string of the molecule is CCl.P.[Au]. The monoisotopic (exact) mass is 281 g/mol. The van der Waals surface area contributed by atoms with Gasteiger partial charge in [-0.05, 0) is 0 Å². The minimum absolute atomic E-state index is 0. The third-order valence-electron chi connectivity index (χ3n) is 0. The van der Waals surface area contributed by atoms with Gasteiger partial charge in [-0.1, -0.05) is 0 Å². The van der Waals surface area contributed by atoms with E-state index in [2.05, 4.69) is 11.6 Å². The molecule has 0 N–H and O–H groups in total. The fourth-order valence-corrected chi connectivity index (χ4v) is 0. The van der Waals surface area contributed by atoms with Crippen molar-refractivity contribution < 1.29 is 22.4 Å². The summed E-state index contributed by atoms with van der Waals surface area (Å²) >= 11 is 4.64. The summed E-state index contributed by atoms with van der Waals surface area (Å²) in [6.07, 6.45) is 1.47. The van der Waals surface area contributed by atoms with Gasteiger partial charge in [-0.15, -0.1) is 11.6 Å². The van der Waals surface area contributed by atoms with Crippen LogP contribution in [0.2, 0.25) is 0 Å². The van der Waals surface area contributed by atoms with Crippen molar-refractivity contribution in [1.82, 2.24) is 0 Å². The fraction of sp³-hybridized carbons (Fsp3) is 1.00. The second-order valence-corrected chi connectivity index (χ2v) is 0. The third-order valence-corrected chi connectivity index (χ3v) is 0. The van der Waals surface area contributed by atoms with E-state index in [0.29, 0.717) is 0 Å². The first kappa shape index (κ1) is 17.9. The van der Waals surface area contributed by atoms with Gasteiger partial charge in [-0.25, -0.2) is 0 Å². The molecular formula is CH6AuClP. The molecule has 3 heteroatoms. The van der Waals surface area contributed by atoms with Crippen molar-refractivity contribution in [3.05, 3.63) is 0 Å². The Bertz CT molecular complexity index is 8.00. The van der Waals surface area contributed by atoms with Crippen molar-refractivity contribution >= 4 is 21.5 Å². The topological polar surface area (TPSA) is 0 Å². The number of halogens is 1. The molecule has 0 amide bonds. The van der Waals surface area contributed by atoms with Gasteiger partial charge >= 0.3 is 0 Å². The number of rotatable bonds is 0. The molecule has 0 bridgehead atoms. The molecule has 0 heterocycles. The van der Waals surface area contributed by atoms with Crippen LogP contribution in [0.3, 0.4) is 0 Å². The number of hydrogen-bond acceptors (Lipinski definition) is 0. The van der Waals surface area contributed by atoms with Crippen molar-refractivity contribution in [2.24, 2.45) is 0 Å². The Hall–Kier alpha value is 1.46. The van der Waals surface area contributed by atoms with Crippen LogP contribution >= 0.6 is 21.5 Å². The van der Waals surface area contributed by atoms with Crippen LogP contribution in [0.15, 0.2) is 0 Å². The van der Waals surface area contributed by atoms with Gasteiger partial charge in [0.1, 0.15) is 0 Å². The Balaban J connectivity index is -0.00000000500. The second kappa shape index (κ2) is 25.0. The molecule has 0 aliphatic rings. The minimum atomic E-state index is 0. The van der Waals surface area contributed by atoms with Crippen LogP contribution in [0, 0.1) is 0 Å². The first-order chi connectivity index (χ1) is 1.00. The summed E-state index contributed by atoms with van der Waals surface area (Å²) in [6.45, 7) is 0. The van der Waals surface area contributed by atoms with Crippen LogP contribution in [-0.2, 0) is 22.4 Å². The van der Waals surface area contributed by atoms with E-state index >= 15 is 0 Å². The Morgan fingerprint density at radius 2 is 1.25 bits per heavy atom. The van der Waals surface area contributed by atoms with Crippen molar-refractivity contribution in [3.63, 3.8) is 0 Å². The molecule has 0 spiro atoms. The van der Waals surface area contributed by atoms with Crippen LogP contribution in [0.25, 0.3) is 0 Å². The maximum absolute atomic E-state index is 4.64. The van der Waals surface area contributed by atoms with Crippen molar-refractivity contribution in [2.75, 3.05) is 6.38 Å². The molecule has 0 aromatic rings. The molecule has 1 radical (unpaired) electrons. The van der Waals surface area contributed by atoms with Gasteiger partial charge in [-0.2, -0.15) is 9.90 Å². The summed E-state index contributed by atoms with van der Waals surface area (Å²) in [6, 6.07) is 0. The van der Waals surface area contributed by atoms with E-state index in [9.17, 15) is 0 Å². The zero-order valence-electron chi connectivity index (χ0n) is 2.39. The molecule has 0 saturated carbocycles. The third kappa shape index (κ3) is 9.82. The molecule has 0 rings (SSSR count). The molecule has 0 nitrogen and oxygen atoms in total. The first-order valence-electron chi connectivity index (χ1n) is 0.378. The van der Waals surface area contributed by atoms with Gasteiger partial charge in [0, 0.05) is 28.8 Å². The maximum Gasteiger partial charge on any atom is 0.0108 e. The maximum atomic E-state index is 4.64. The normalized spacial score (nSPS) is 1.50. The molecule has 0 fully saturated rings. The summed E-state index contributed by atoms with van der Waals surface area (Å²) in [4.78, 5) is 0. The van der Waals surface area contributed by atoms with Gasteiger partial charge in [0.25, 0.3) is 0 Å². The van der Waals surface area contributed by atoms with Crippen LogP contribution < -0.4 is 0 Å². The predicted molar refractivity (Wildman–Crippen MR) is 22.9 cm³/mol. The Morgan fingerprint density at radius 3 is 1.25 bits per heavy atom. The fourth-order valence-electron chi connectivity index (χ4n) is 0. The van der Waals surface area contributed by atoms with Crippen molar-refractivity contribution in [2.45, 2.75) is 0 Å². The number of hydrogen-bond donors (Lipinski definition) is 0. The van der Waals surface area contributed by atoms with Crippen LogP contribution in [0.1, 0.15) is 0 Å².